The van der Waals surface area contributed by atoms with Crippen molar-refractivity contribution >= 4 is 52.4 Å². The summed E-state index contributed by atoms with van der Waals surface area (Å²) in [6.07, 6.45) is 3.41. The molecule has 1 heterocycles. The lowest BCUT2D eigenvalue weighted by Crippen LogP contribution is -2.26. The molecule has 0 amide bonds. The zero-order valence-electron chi connectivity index (χ0n) is 11.8. The standard InChI is InChI=1S/C14H17Cl4NO2/c1-3-4-9(2)12(10-5-6-11(15)19-7-10)13(20)21-8-14(16,17)18/h5-7,9,12H,3-4,8H2,1-2H3/t9-,12+/m1/s1. The van der Waals surface area contributed by atoms with Gasteiger partial charge in [0, 0.05) is 6.20 Å². The van der Waals surface area contributed by atoms with Gasteiger partial charge in [-0.2, -0.15) is 0 Å². The Morgan fingerprint density at radius 2 is 2.05 bits per heavy atom. The van der Waals surface area contributed by atoms with Crippen LogP contribution in [-0.4, -0.2) is 21.4 Å². The molecule has 7 heteroatoms. The lowest BCUT2D eigenvalue weighted by Gasteiger charge is -2.23. The van der Waals surface area contributed by atoms with Crippen molar-refractivity contribution in [1.82, 2.24) is 4.98 Å². The maximum Gasteiger partial charge on any atom is 0.313 e. The van der Waals surface area contributed by atoms with Crippen LogP contribution in [0.15, 0.2) is 18.3 Å². The number of carbonyl (C=O) groups is 1. The highest BCUT2D eigenvalue weighted by Crippen LogP contribution is 2.31. The first-order valence-electron chi connectivity index (χ1n) is 6.59. The van der Waals surface area contributed by atoms with Crippen LogP contribution in [-0.2, 0) is 9.53 Å². The van der Waals surface area contributed by atoms with E-state index in [1.165, 1.54) is 0 Å². The summed E-state index contributed by atoms with van der Waals surface area (Å²) in [7, 11) is 0. The minimum absolute atomic E-state index is 0.0841. The zero-order valence-corrected chi connectivity index (χ0v) is 14.8. The molecule has 0 saturated carbocycles. The molecule has 0 aliphatic carbocycles. The van der Waals surface area contributed by atoms with Crippen LogP contribution in [0, 0.1) is 5.92 Å². The Morgan fingerprint density at radius 1 is 1.38 bits per heavy atom. The van der Waals surface area contributed by atoms with Crippen LogP contribution in [0.2, 0.25) is 5.15 Å². The maximum absolute atomic E-state index is 12.3. The quantitative estimate of drug-likeness (QED) is 0.393. The summed E-state index contributed by atoms with van der Waals surface area (Å²) in [5, 5.41) is 0.371. The van der Waals surface area contributed by atoms with Crippen molar-refractivity contribution in [3.05, 3.63) is 29.0 Å². The lowest BCUT2D eigenvalue weighted by atomic mass is 9.85. The second kappa shape index (κ2) is 8.42. The van der Waals surface area contributed by atoms with E-state index in [-0.39, 0.29) is 12.5 Å². The zero-order chi connectivity index (χ0) is 16.0. The van der Waals surface area contributed by atoms with Crippen LogP contribution >= 0.6 is 46.4 Å². The number of nitrogens with zero attached hydrogens (tertiary/aromatic N) is 1. The lowest BCUT2D eigenvalue weighted by molar-refractivity contribution is -0.146. The second-order valence-electron chi connectivity index (χ2n) is 4.88. The van der Waals surface area contributed by atoms with E-state index in [2.05, 4.69) is 11.9 Å². The number of pyridine rings is 1. The first-order valence-corrected chi connectivity index (χ1v) is 8.10. The van der Waals surface area contributed by atoms with E-state index in [0.29, 0.717) is 5.15 Å². The Morgan fingerprint density at radius 3 is 2.52 bits per heavy atom. The molecule has 2 atom stereocenters. The third kappa shape index (κ3) is 6.60. The molecule has 1 rings (SSSR count). The third-order valence-corrected chi connectivity index (χ3v) is 3.61. The summed E-state index contributed by atoms with van der Waals surface area (Å²) in [4.78, 5) is 16.3. The Bertz CT molecular complexity index is 459. The SMILES string of the molecule is CCC[C@@H](C)[C@H](C(=O)OCC(Cl)(Cl)Cl)c1ccc(Cl)nc1. The molecule has 0 aromatic carbocycles. The molecule has 0 aliphatic heterocycles. The van der Waals surface area contributed by atoms with Crippen molar-refractivity contribution < 1.29 is 9.53 Å². The molecule has 0 spiro atoms. The third-order valence-electron chi connectivity index (χ3n) is 3.05. The summed E-state index contributed by atoms with van der Waals surface area (Å²) in [5.41, 5.74) is 0.745. The number of aromatic nitrogens is 1. The predicted molar refractivity (Wildman–Crippen MR) is 87.3 cm³/mol. The number of hydrogen-bond acceptors (Lipinski definition) is 3. The molecule has 0 saturated heterocycles. The summed E-state index contributed by atoms with van der Waals surface area (Å²) in [5.74, 6) is -0.797. The number of alkyl halides is 3. The maximum atomic E-state index is 12.3. The van der Waals surface area contributed by atoms with Crippen molar-refractivity contribution in [1.29, 1.82) is 0 Å². The van der Waals surface area contributed by atoms with Gasteiger partial charge in [0.15, 0.2) is 0 Å². The molecule has 118 valence electrons. The van der Waals surface area contributed by atoms with Crippen LogP contribution in [0.4, 0.5) is 0 Å². The van der Waals surface area contributed by atoms with Gasteiger partial charge in [-0.25, -0.2) is 4.98 Å². The average molecular weight is 373 g/mol. The monoisotopic (exact) mass is 371 g/mol. The van der Waals surface area contributed by atoms with Crippen molar-refractivity contribution in [2.24, 2.45) is 5.92 Å². The number of ether oxygens (including phenoxy) is 1. The largest absolute Gasteiger partial charge is 0.461 e. The first-order chi connectivity index (χ1) is 9.74. The molecule has 0 N–H and O–H groups in total. The van der Waals surface area contributed by atoms with E-state index in [9.17, 15) is 4.79 Å². The van der Waals surface area contributed by atoms with E-state index in [1.54, 1.807) is 18.3 Å². The Labute approximate surface area is 144 Å². The van der Waals surface area contributed by atoms with Crippen molar-refractivity contribution in [2.45, 2.75) is 36.4 Å². The van der Waals surface area contributed by atoms with Crippen LogP contribution in [0.5, 0.6) is 0 Å². The summed E-state index contributed by atoms with van der Waals surface area (Å²) in [6, 6.07) is 3.41. The number of esters is 1. The first kappa shape index (κ1) is 18.8. The predicted octanol–water partition coefficient (Wildman–Crippen LogP) is 5.17. The summed E-state index contributed by atoms with van der Waals surface area (Å²) in [6.45, 7) is 3.76. The second-order valence-corrected chi connectivity index (χ2v) is 7.78. The topological polar surface area (TPSA) is 39.2 Å². The van der Waals surface area contributed by atoms with E-state index >= 15 is 0 Å². The van der Waals surface area contributed by atoms with Crippen molar-refractivity contribution in [2.75, 3.05) is 6.61 Å². The highest BCUT2D eigenvalue weighted by Gasteiger charge is 2.31. The molecule has 0 aliphatic rings. The molecule has 1 aromatic heterocycles. The van der Waals surface area contributed by atoms with Crippen LogP contribution in [0.3, 0.4) is 0 Å². The van der Waals surface area contributed by atoms with Crippen LogP contribution in [0.25, 0.3) is 0 Å². The van der Waals surface area contributed by atoms with Gasteiger partial charge in [0.25, 0.3) is 0 Å². The molecule has 3 nitrogen and oxygen atoms in total. The van der Waals surface area contributed by atoms with Gasteiger partial charge in [-0.15, -0.1) is 0 Å². The highest BCUT2D eigenvalue weighted by molar-refractivity contribution is 6.67. The molecule has 0 unspecified atom stereocenters. The fourth-order valence-electron chi connectivity index (χ4n) is 2.13. The van der Waals surface area contributed by atoms with E-state index in [1.807, 2.05) is 6.92 Å². The molecule has 0 radical (unpaired) electrons. The fourth-order valence-corrected chi connectivity index (χ4v) is 2.41. The number of carbonyl (C=O) groups excluding carboxylic acids is 1. The minimum Gasteiger partial charge on any atom is -0.461 e. The average Bonchev–Trinajstić information content (AvgIpc) is 2.38. The highest BCUT2D eigenvalue weighted by atomic mass is 35.6. The molecule has 1 aromatic rings. The molecular formula is C14H17Cl4NO2. The number of halogens is 4. The summed E-state index contributed by atoms with van der Waals surface area (Å²) < 4.78 is 3.51. The Balaban J connectivity index is 2.91. The number of rotatable bonds is 6. The van der Waals surface area contributed by atoms with Gasteiger partial charge in [-0.1, -0.05) is 72.7 Å². The molecular weight excluding hydrogens is 356 g/mol. The van der Waals surface area contributed by atoms with E-state index in [4.69, 9.17) is 51.1 Å². The summed E-state index contributed by atoms with van der Waals surface area (Å²) >= 11 is 22.6. The van der Waals surface area contributed by atoms with Crippen LogP contribution < -0.4 is 0 Å². The molecule has 21 heavy (non-hydrogen) atoms. The molecule has 0 bridgehead atoms. The van der Waals surface area contributed by atoms with Gasteiger partial charge in [0.2, 0.25) is 3.79 Å². The van der Waals surface area contributed by atoms with Crippen molar-refractivity contribution in [3.8, 4) is 0 Å². The molecule has 0 fully saturated rings. The van der Waals surface area contributed by atoms with Gasteiger partial charge < -0.3 is 4.74 Å². The smallest absolute Gasteiger partial charge is 0.313 e. The van der Waals surface area contributed by atoms with Gasteiger partial charge in [0.1, 0.15) is 11.8 Å². The Kier molecular flexibility index (Phi) is 7.55. The fraction of sp³-hybridized carbons (Fsp3) is 0.571. The van der Waals surface area contributed by atoms with Gasteiger partial charge in [0.05, 0.1) is 5.92 Å². The Hall–Kier alpha value is -0.220. The normalized spacial score (nSPS) is 14.6. The van der Waals surface area contributed by atoms with Gasteiger partial charge in [-0.3, -0.25) is 4.79 Å². The van der Waals surface area contributed by atoms with Crippen LogP contribution in [0.1, 0.15) is 38.2 Å². The van der Waals surface area contributed by atoms with Crippen molar-refractivity contribution in [3.63, 3.8) is 0 Å². The van der Waals surface area contributed by atoms with Gasteiger partial charge in [-0.05, 0) is 24.0 Å². The van der Waals surface area contributed by atoms with E-state index in [0.717, 1.165) is 18.4 Å². The minimum atomic E-state index is -1.62. The van der Waals surface area contributed by atoms with E-state index < -0.39 is 15.7 Å². The van der Waals surface area contributed by atoms with Gasteiger partial charge >= 0.3 is 5.97 Å². The number of hydrogen-bond donors (Lipinski definition) is 0.